The van der Waals surface area contributed by atoms with Gasteiger partial charge in [-0.2, -0.15) is 0 Å². The Balaban J connectivity index is 2.02. The highest BCUT2D eigenvalue weighted by molar-refractivity contribution is 7.88. The number of amides is 1. The summed E-state index contributed by atoms with van der Waals surface area (Å²) in [4.78, 5) is 13.9. The molecule has 1 aromatic rings. The topological polar surface area (TPSA) is 92.3 Å². The molecule has 0 bridgehead atoms. The van der Waals surface area contributed by atoms with Crippen molar-refractivity contribution in [2.75, 3.05) is 19.3 Å². The molecular weight excluding hydrogens is 339 g/mol. The quantitative estimate of drug-likeness (QED) is 0.873. The minimum absolute atomic E-state index is 0.000726. The fourth-order valence-corrected chi connectivity index (χ4v) is 3.34. The monoisotopic (exact) mass is 352 g/mol. The Labute approximate surface area is 132 Å². The Kier molecular flexibility index (Phi) is 5.03. The molecular formula is C11H14Cl2N4O3S. The number of aromatic nitrogens is 2. The van der Waals surface area contributed by atoms with Gasteiger partial charge in [-0.05, 0) is 18.9 Å². The van der Waals surface area contributed by atoms with E-state index in [-0.39, 0.29) is 27.8 Å². The standard InChI is InChI=1S/C11H14Cl2N4O3S/c1-21(19,20)16-7-2-4-17(5-3-7)11(18)8-6-9(12)14-15-10(8)13/h6-7,16H,2-5H2,1H3. The van der Waals surface area contributed by atoms with Crippen LogP contribution < -0.4 is 4.72 Å². The zero-order valence-corrected chi connectivity index (χ0v) is 13.5. The molecule has 2 heterocycles. The molecule has 0 spiro atoms. The molecule has 0 saturated carbocycles. The lowest BCUT2D eigenvalue weighted by Gasteiger charge is -2.32. The molecule has 0 aliphatic carbocycles. The summed E-state index contributed by atoms with van der Waals surface area (Å²) < 4.78 is 24.9. The number of carbonyl (C=O) groups is 1. The predicted molar refractivity (Wildman–Crippen MR) is 79.0 cm³/mol. The summed E-state index contributed by atoms with van der Waals surface area (Å²) in [6.07, 6.45) is 2.21. The first kappa shape index (κ1) is 16.4. The van der Waals surface area contributed by atoms with Gasteiger partial charge in [0.2, 0.25) is 10.0 Å². The van der Waals surface area contributed by atoms with Gasteiger partial charge in [-0.1, -0.05) is 23.2 Å². The Morgan fingerprint density at radius 2 is 1.95 bits per heavy atom. The summed E-state index contributed by atoms with van der Waals surface area (Å²) in [5.74, 6) is -0.283. The van der Waals surface area contributed by atoms with E-state index in [2.05, 4.69) is 14.9 Å². The van der Waals surface area contributed by atoms with Crippen LogP contribution in [-0.2, 0) is 10.0 Å². The number of nitrogens with zero attached hydrogens (tertiary/aromatic N) is 3. The van der Waals surface area contributed by atoms with E-state index in [0.29, 0.717) is 25.9 Å². The van der Waals surface area contributed by atoms with Crippen LogP contribution in [0.4, 0.5) is 0 Å². The van der Waals surface area contributed by atoms with Crippen molar-refractivity contribution in [3.63, 3.8) is 0 Å². The van der Waals surface area contributed by atoms with Crippen molar-refractivity contribution in [1.29, 1.82) is 0 Å². The van der Waals surface area contributed by atoms with Crippen LogP contribution >= 0.6 is 23.2 Å². The summed E-state index contributed by atoms with van der Waals surface area (Å²) in [5, 5.41) is 7.25. The molecule has 7 nitrogen and oxygen atoms in total. The third-order valence-corrected chi connectivity index (χ3v) is 4.34. The van der Waals surface area contributed by atoms with Gasteiger partial charge in [0.05, 0.1) is 11.8 Å². The van der Waals surface area contributed by atoms with E-state index in [4.69, 9.17) is 23.2 Å². The summed E-state index contributed by atoms with van der Waals surface area (Å²) >= 11 is 11.6. The third kappa shape index (κ3) is 4.50. The van der Waals surface area contributed by atoms with Crippen LogP contribution in [0.1, 0.15) is 23.2 Å². The highest BCUT2D eigenvalue weighted by Crippen LogP contribution is 2.20. The molecule has 116 valence electrons. The van der Waals surface area contributed by atoms with Crippen molar-refractivity contribution < 1.29 is 13.2 Å². The van der Waals surface area contributed by atoms with Crippen molar-refractivity contribution in [1.82, 2.24) is 19.8 Å². The van der Waals surface area contributed by atoms with Crippen LogP contribution in [0.25, 0.3) is 0 Å². The maximum Gasteiger partial charge on any atom is 0.257 e. The number of piperidine rings is 1. The van der Waals surface area contributed by atoms with E-state index >= 15 is 0 Å². The Bertz CT molecular complexity index is 645. The number of halogens is 2. The Morgan fingerprint density at radius 1 is 1.33 bits per heavy atom. The average Bonchev–Trinajstić information content (AvgIpc) is 2.40. The van der Waals surface area contributed by atoms with E-state index in [0.717, 1.165) is 6.26 Å². The number of carbonyl (C=O) groups excluding carboxylic acids is 1. The van der Waals surface area contributed by atoms with Gasteiger partial charge in [0, 0.05) is 19.1 Å². The maximum atomic E-state index is 12.3. The van der Waals surface area contributed by atoms with Crippen LogP contribution in [-0.4, -0.2) is 54.8 Å². The third-order valence-electron chi connectivity index (χ3n) is 3.11. The number of likely N-dealkylation sites (tertiary alicyclic amines) is 1. The number of hydrogen-bond donors (Lipinski definition) is 1. The molecule has 10 heteroatoms. The summed E-state index contributed by atoms with van der Waals surface area (Å²) in [5.41, 5.74) is 0.200. The van der Waals surface area contributed by atoms with E-state index in [9.17, 15) is 13.2 Å². The molecule has 1 aliphatic rings. The van der Waals surface area contributed by atoms with E-state index in [1.54, 1.807) is 4.90 Å². The second kappa shape index (κ2) is 6.43. The molecule has 1 aliphatic heterocycles. The zero-order valence-electron chi connectivity index (χ0n) is 11.2. The molecule has 0 unspecified atom stereocenters. The van der Waals surface area contributed by atoms with Crippen molar-refractivity contribution in [2.45, 2.75) is 18.9 Å². The second-order valence-electron chi connectivity index (χ2n) is 4.83. The SMILES string of the molecule is CS(=O)(=O)NC1CCN(C(=O)c2cc(Cl)nnc2Cl)CC1. The summed E-state index contributed by atoms with van der Waals surface area (Å²) in [7, 11) is -3.24. The van der Waals surface area contributed by atoms with Gasteiger partial charge < -0.3 is 4.90 Å². The Morgan fingerprint density at radius 3 is 2.52 bits per heavy atom. The lowest BCUT2D eigenvalue weighted by Crippen LogP contribution is -2.46. The predicted octanol–water partition coefficient (Wildman–Crippen LogP) is 0.937. The Hall–Kier alpha value is -0.960. The first-order valence-electron chi connectivity index (χ1n) is 6.21. The molecule has 1 fully saturated rings. The minimum atomic E-state index is -3.24. The van der Waals surface area contributed by atoms with Crippen molar-refractivity contribution in [3.05, 3.63) is 21.9 Å². The van der Waals surface area contributed by atoms with Crippen LogP contribution in [0.15, 0.2) is 6.07 Å². The molecule has 0 aromatic carbocycles. The van der Waals surface area contributed by atoms with E-state index in [1.807, 2.05) is 0 Å². The van der Waals surface area contributed by atoms with Gasteiger partial charge in [-0.25, -0.2) is 13.1 Å². The second-order valence-corrected chi connectivity index (χ2v) is 7.35. The van der Waals surface area contributed by atoms with Crippen molar-refractivity contribution >= 4 is 39.1 Å². The average molecular weight is 353 g/mol. The molecule has 1 amide bonds. The fraction of sp³-hybridized carbons (Fsp3) is 0.545. The summed E-state index contributed by atoms with van der Waals surface area (Å²) in [6, 6.07) is 1.22. The lowest BCUT2D eigenvalue weighted by atomic mass is 10.1. The highest BCUT2D eigenvalue weighted by Gasteiger charge is 2.26. The van der Waals surface area contributed by atoms with Crippen molar-refractivity contribution in [2.24, 2.45) is 0 Å². The van der Waals surface area contributed by atoms with Crippen LogP contribution in [0.2, 0.25) is 10.3 Å². The van der Waals surface area contributed by atoms with Gasteiger partial charge in [0.25, 0.3) is 5.91 Å². The number of sulfonamides is 1. The van der Waals surface area contributed by atoms with Crippen molar-refractivity contribution in [3.8, 4) is 0 Å². The van der Waals surface area contributed by atoms with Crippen LogP contribution in [0.3, 0.4) is 0 Å². The van der Waals surface area contributed by atoms with Gasteiger partial charge in [0.1, 0.15) is 0 Å². The van der Waals surface area contributed by atoms with E-state index < -0.39 is 10.0 Å². The zero-order chi connectivity index (χ0) is 15.6. The molecule has 0 atom stereocenters. The maximum absolute atomic E-state index is 12.3. The number of hydrogen-bond acceptors (Lipinski definition) is 5. The van der Waals surface area contributed by atoms with Gasteiger partial charge in [0.15, 0.2) is 10.3 Å². The number of nitrogens with one attached hydrogen (secondary N) is 1. The normalized spacial score (nSPS) is 17.0. The van der Waals surface area contributed by atoms with Gasteiger partial charge >= 0.3 is 0 Å². The smallest absolute Gasteiger partial charge is 0.257 e. The first-order valence-corrected chi connectivity index (χ1v) is 8.86. The van der Waals surface area contributed by atoms with Crippen LogP contribution in [0.5, 0.6) is 0 Å². The van der Waals surface area contributed by atoms with Gasteiger partial charge in [-0.15, -0.1) is 10.2 Å². The molecule has 0 radical (unpaired) electrons. The number of rotatable bonds is 3. The molecule has 2 rings (SSSR count). The molecule has 1 N–H and O–H groups in total. The summed E-state index contributed by atoms with van der Waals surface area (Å²) in [6.45, 7) is 0.866. The van der Waals surface area contributed by atoms with E-state index in [1.165, 1.54) is 6.07 Å². The van der Waals surface area contributed by atoms with Gasteiger partial charge in [-0.3, -0.25) is 4.79 Å². The first-order chi connectivity index (χ1) is 9.76. The largest absolute Gasteiger partial charge is 0.338 e. The molecule has 1 saturated heterocycles. The minimum Gasteiger partial charge on any atom is -0.338 e. The fourth-order valence-electron chi connectivity index (χ4n) is 2.18. The lowest BCUT2D eigenvalue weighted by molar-refractivity contribution is 0.0711. The highest BCUT2D eigenvalue weighted by atomic mass is 35.5. The molecule has 21 heavy (non-hydrogen) atoms. The molecule has 1 aromatic heterocycles. The van der Waals surface area contributed by atoms with Crippen LogP contribution in [0, 0.1) is 0 Å².